The molecule has 1 aromatic rings. The minimum absolute atomic E-state index is 0.165. The molecule has 1 saturated carbocycles. The summed E-state index contributed by atoms with van der Waals surface area (Å²) in [4.78, 5) is 23.1. The molecule has 2 rings (SSSR count). The largest absolute Gasteiger partial charge is 0.480 e. The van der Waals surface area contributed by atoms with Crippen LogP contribution < -0.4 is 10.6 Å². The van der Waals surface area contributed by atoms with Gasteiger partial charge in [0.05, 0.1) is 6.04 Å². The third kappa shape index (κ3) is 2.92. The molecule has 1 unspecified atom stereocenters. The van der Waals surface area contributed by atoms with Crippen molar-refractivity contribution in [1.82, 2.24) is 10.6 Å². The topological polar surface area (TPSA) is 78.4 Å². The fourth-order valence-electron chi connectivity index (χ4n) is 2.31. The summed E-state index contributed by atoms with van der Waals surface area (Å²) in [6, 6.07) is 7.28. The Balaban J connectivity index is 1.94. The Morgan fingerprint density at radius 1 is 1.25 bits per heavy atom. The molecule has 0 radical (unpaired) electrons. The average molecular weight is 276 g/mol. The number of carboxylic acid groups (broad SMARTS) is 1. The molecule has 5 heteroatoms. The number of urea groups is 1. The molecule has 1 fully saturated rings. The van der Waals surface area contributed by atoms with Gasteiger partial charge in [-0.1, -0.05) is 29.8 Å². The highest BCUT2D eigenvalue weighted by atomic mass is 16.4. The van der Waals surface area contributed by atoms with Crippen molar-refractivity contribution in [2.45, 2.75) is 44.7 Å². The Bertz CT molecular complexity index is 506. The molecule has 2 amide bonds. The first-order chi connectivity index (χ1) is 9.43. The van der Waals surface area contributed by atoms with Crippen molar-refractivity contribution in [3.8, 4) is 0 Å². The molecule has 0 aliphatic heterocycles. The average Bonchev–Trinajstić information content (AvgIpc) is 2.34. The van der Waals surface area contributed by atoms with Crippen LogP contribution in [0.25, 0.3) is 0 Å². The Kier molecular flexibility index (Phi) is 3.97. The van der Waals surface area contributed by atoms with Crippen LogP contribution in [0.2, 0.25) is 0 Å². The van der Waals surface area contributed by atoms with Crippen LogP contribution in [0.3, 0.4) is 0 Å². The van der Waals surface area contributed by atoms with Crippen LogP contribution in [-0.4, -0.2) is 22.6 Å². The van der Waals surface area contributed by atoms with E-state index >= 15 is 0 Å². The second-order valence-electron chi connectivity index (χ2n) is 5.47. The zero-order valence-electron chi connectivity index (χ0n) is 11.8. The molecule has 0 saturated heterocycles. The van der Waals surface area contributed by atoms with Crippen molar-refractivity contribution in [2.75, 3.05) is 0 Å². The Labute approximate surface area is 118 Å². The highest BCUT2D eigenvalue weighted by molar-refractivity contribution is 5.87. The summed E-state index contributed by atoms with van der Waals surface area (Å²) >= 11 is 0. The Morgan fingerprint density at radius 3 is 2.30 bits per heavy atom. The predicted molar refractivity (Wildman–Crippen MR) is 75.5 cm³/mol. The van der Waals surface area contributed by atoms with Crippen LogP contribution in [0.5, 0.6) is 0 Å². The van der Waals surface area contributed by atoms with Gasteiger partial charge in [-0.25, -0.2) is 9.59 Å². The number of carbonyl (C=O) groups excluding carboxylic acids is 1. The maximum Gasteiger partial charge on any atom is 0.329 e. The number of aliphatic carboxylic acids is 1. The summed E-state index contributed by atoms with van der Waals surface area (Å²) < 4.78 is 0. The number of nitrogens with one attached hydrogen (secondary N) is 2. The van der Waals surface area contributed by atoms with Crippen LogP contribution in [0, 0.1) is 6.92 Å². The van der Waals surface area contributed by atoms with Crippen LogP contribution in [0.4, 0.5) is 4.79 Å². The van der Waals surface area contributed by atoms with E-state index in [1.165, 1.54) is 0 Å². The van der Waals surface area contributed by atoms with Crippen LogP contribution in [0.15, 0.2) is 24.3 Å². The number of aryl methyl sites for hydroxylation is 1. The second kappa shape index (κ2) is 5.53. The highest BCUT2D eigenvalue weighted by Gasteiger charge is 2.45. The fraction of sp³-hybridized carbons (Fsp3) is 0.467. The number of hydrogen-bond donors (Lipinski definition) is 3. The smallest absolute Gasteiger partial charge is 0.329 e. The summed E-state index contributed by atoms with van der Waals surface area (Å²) in [7, 11) is 0. The van der Waals surface area contributed by atoms with Gasteiger partial charge in [0, 0.05) is 0 Å². The summed E-state index contributed by atoms with van der Waals surface area (Å²) in [5, 5.41) is 14.5. The van der Waals surface area contributed by atoms with Gasteiger partial charge in [0.2, 0.25) is 0 Å². The van der Waals surface area contributed by atoms with Gasteiger partial charge in [0.1, 0.15) is 5.54 Å². The number of carbonyl (C=O) groups is 2. The van der Waals surface area contributed by atoms with E-state index in [9.17, 15) is 14.7 Å². The first-order valence-electron chi connectivity index (χ1n) is 6.82. The van der Waals surface area contributed by atoms with E-state index in [0.717, 1.165) is 17.5 Å². The van der Waals surface area contributed by atoms with Crippen LogP contribution >= 0.6 is 0 Å². The van der Waals surface area contributed by atoms with Gasteiger partial charge in [-0.3, -0.25) is 0 Å². The third-order valence-corrected chi connectivity index (χ3v) is 3.89. The number of rotatable bonds is 4. The molecule has 1 aliphatic carbocycles. The molecule has 0 spiro atoms. The lowest BCUT2D eigenvalue weighted by atomic mass is 9.77. The van der Waals surface area contributed by atoms with E-state index in [1.807, 2.05) is 38.1 Å². The quantitative estimate of drug-likeness (QED) is 0.790. The minimum atomic E-state index is -1.07. The van der Waals surface area contributed by atoms with Crippen molar-refractivity contribution in [3.05, 3.63) is 35.4 Å². The van der Waals surface area contributed by atoms with Crippen molar-refractivity contribution in [2.24, 2.45) is 0 Å². The second-order valence-corrected chi connectivity index (χ2v) is 5.47. The number of hydrogen-bond acceptors (Lipinski definition) is 2. The first-order valence-corrected chi connectivity index (χ1v) is 6.82. The van der Waals surface area contributed by atoms with Gasteiger partial charge >= 0.3 is 12.0 Å². The lowest BCUT2D eigenvalue weighted by molar-refractivity contribution is -0.148. The molecule has 1 atom stereocenters. The first kappa shape index (κ1) is 14.4. The molecular weight excluding hydrogens is 256 g/mol. The van der Waals surface area contributed by atoms with Crippen molar-refractivity contribution >= 4 is 12.0 Å². The molecule has 108 valence electrons. The van der Waals surface area contributed by atoms with Crippen molar-refractivity contribution in [3.63, 3.8) is 0 Å². The maximum absolute atomic E-state index is 11.9. The summed E-state index contributed by atoms with van der Waals surface area (Å²) in [5.41, 5.74) is 1.07. The van der Waals surface area contributed by atoms with Gasteiger partial charge in [0.15, 0.2) is 0 Å². The number of amides is 2. The van der Waals surface area contributed by atoms with Crippen molar-refractivity contribution < 1.29 is 14.7 Å². The molecule has 1 aromatic carbocycles. The van der Waals surface area contributed by atoms with E-state index < -0.39 is 17.5 Å². The molecule has 5 nitrogen and oxygen atoms in total. The predicted octanol–water partition coefficient (Wildman–Crippen LogP) is 2.36. The van der Waals surface area contributed by atoms with Crippen molar-refractivity contribution in [1.29, 1.82) is 0 Å². The maximum atomic E-state index is 11.9. The SMILES string of the molecule is Cc1ccc(C(C)NC(=O)NC2(C(=O)O)CCC2)cc1. The normalized spacial score (nSPS) is 17.7. The molecule has 20 heavy (non-hydrogen) atoms. The van der Waals surface area contributed by atoms with E-state index in [-0.39, 0.29) is 6.04 Å². The number of benzene rings is 1. The standard InChI is InChI=1S/C15H20N2O3/c1-10-4-6-12(7-5-10)11(2)16-14(20)17-15(13(18)19)8-3-9-15/h4-7,11H,3,8-9H2,1-2H3,(H,18,19)(H2,16,17,20). The highest BCUT2D eigenvalue weighted by Crippen LogP contribution is 2.32. The van der Waals surface area contributed by atoms with Gasteiger partial charge in [-0.05, 0) is 38.7 Å². The van der Waals surface area contributed by atoms with Gasteiger partial charge < -0.3 is 15.7 Å². The summed E-state index contributed by atoms with van der Waals surface area (Å²) in [5.74, 6) is -0.957. The summed E-state index contributed by atoms with van der Waals surface area (Å²) in [6.07, 6.45) is 1.82. The molecule has 0 bridgehead atoms. The van der Waals surface area contributed by atoms with Crippen LogP contribution in [0.1, 0.15) is 43.4 Å². The molecule has 0 aromatic heterocycles. The van der Waals surface area contributed by atoms with E-state index in [1.54, 1.807) is 0 Å². The lowest BCUT2D eigenvalue weighted by Gasteiger charge is -2.38. The zero-order chi connectivity index (χ0) is 14.8. The minimum Gasteiger partial charge on any atom is -0.480 e. The van der Waals surface area contributed by atoms with Gasteiger partial charge in [-0.15, -0.1) is 0 Å². The Hall–Kier alpha value is -2.04. The van der Waals surface area contributed by atoms with E-state index in [4.69, 9.17) is 0 Å². The third-order valence-electron chi connectivity index (χ3n) is 3.89. The fourth-order valence-corrected chi connectivity index (χ4v) is 2.31. The summed E-state index contributed by atoms with van der Waals surface area (Å²) in [6.45, 7) is 3.88. The molecule has 3 N–H and O–H groups in total. The Morgan fingerprint density at radius 2 is 1.85 bits per heavy atom. The molecule has 1 aliphatic rings. The number of carboxylic acids is 1. The van der Waals surface area contributed by atoms with Crippen LogP contribution in [-0.2, 0) is 4.79 Å². The van der Waals surface area contributed by atoms with Gasteiger partial charge in [-0.2, -0.15) is 0 Å². The van der Waals surface area contributed by atoms with E-state index in [2.05, 4.69) is 10.6 Å². The van der Waals surface area contributed by atoms with E-state index in [0.29, 0.717) is 12.8 Å². The zero-order valence-corrected chi connectivity index (χ0v) is 11.8. The lowest BCUT2D eigenvalue weighted by Crippen LogP contribution is -2.61. The van der Waals surface area contributed by atoms with Gasteiger partial charge in [0.25, 0.3) is 0 Å². The molecular formula is C15H20N2O3. The molecule has 0 heterocycles. The monoisotopic (exact) mass is 276 g/mol.